The number of hydrogen-bond donors (Lipinski definition) is 0. The minimum atomic E-state index is -0.446. The van der Waals surface area contributed by atoms with E-state index in [0.717, 1.165) is 0 Å². The van der Waals surface area contributed by atoms with Gasteiger partial charge in [0.15, 0.2) is 0 Å². The van der Waals surface area contributed by atoms with Gasteiger partial charge in [-0.2, -0.15) is 35.6 Å². The summed E-state index contributed by atoms with van der Waals surface area (Å²) in [6.45, 7) is 0. The van der Waals surface area contributed by atoms with Crippen LogP contribution in [0, 0.1) is 17.4 Å². The zero-order chi connectivity index (χ0) is 33.7. The van der Waals surface area contributed by atoms with E-state index in [4.69, 9.17) is 5.26 Å². The summed E-state index contributed by atoms with van der Waals surface area (Å²) in [6, 6.07) is 76.4. The Morgan fingerprint density at radius 3 is 0.750 bits per heavy atom. The van der Waals surface area contributed by atoms with E-state index in [2.05, 4.69) is 216 Å². The Hall–Kier alpha value is -4.16. The smallest absolute Gasteiger partial charge is 0.0134 e. The number of nitrogens with zero attached hydrogens (tertiary/aromatic N) is 1. The molecule has 238 valence electrons. The van der Waals surface area contributed by atoms with E-state index in [9.17, 15) is 0 Å². The summed E-state index contributed by atoms with van der Waals surface area (Å²) in [4.78, 5) is 0. The summed E-state index contributed by atoms with van der Waals surface area (Å²) in [7, 11) is 3.60. The van der Waals surface area contributed by atoms with Crippen molar-refractivity contribution in [3.8, 4) is 6.07 Å². The van der Waals surface area contributed by atoms with E-state index in [0.29, 0.717) is 5.56 Å². The molecule has 0 aliphatic carbocycles. The molecule has 1 nitrogen and oxygen atoms in total. The van der Waals surface area contributed by atoms with Crippen LogP contribution in [-0.2, 0) is 18.2 Å². The average Bonchev–Trinajstić information content (AvgIpc) is 3.19. The third-order valence-electron chi connectivity index (χ3n) is 6.93. The molecule has 0 unspecified atom stereocenters. The maximum absolute atomic E-state index is 8.27. The fourth-order valence-electron chi connectivity index (χ4n) is 4.82. The van der Waals surface area contributed by atoms with Crippen LogP contribution in [0.5, 0.6) is 0 Å². The molecule has 0 aliphatic rings. The van der Waals surface area contributed by atoms with Crippen LogP contribution in [0.4, 0.5) is 0 Å². The zero-order valence-electron chi connectivity index (χ0n) is 26.2. The van der Waals surface area contributed by atoms with Gasteiger partial charge in [0.1, 0.15) is 0 Å². The molecule has 0 bridgehead atoms. The van der Waals surface area contributed by atoms with Crippen LogP contribution in [0.2, 0.25) is 0 Å². The first-order valence-electron chi connectivity index (χ1n) is 15.2. The molecule has 0 saturated carbocycles. The van der Waals surface area contributed by atoms with E-state index < -0.39 is 15.8 Å². The molecule has 7 aromatic carbocycles. The van der Waals surface area contributed by atoms with Crippen molar-refractivity contribution in [2.45, 2.75) is 0 Å². The second-order valence-corrected chi connectivity index (χ2v) is 14.5. The summed E-state index contributed by atoms with van der Waals surface area (Å²) >= 11 is 2.22. The molecular formula is C43H34ClNP2Pd. The number of rotatable bonds is 6. The van der Waals surface area contributed by atoms with Crippen molar-refractivity contribution in [1.82, 2.24) is 0 Å². The normalized spacial score (nSPS) is 9.83. The first kappa shape index (κ1) is 36.7. The maximum Gasteiger partial charge on any atom is -0.0134 e. The molecular weight excluding hydrogens is 734 g/mol. The second kappa shape index (κ2) is 21.7. The molecule has 0 amide bonds. The first-order valence-corrected chi connectivity index (χ1v) is 19.9. The first-order chi connectivity index (χ1) is 23.8. The van der Waals surface area contributed by atoms with Crippen LogP contribution < -0.4 is 31.8 Å². The summed E-state index contributed by atoms with van der Waals surface area (Å²) < 4.78 is 0. The van der Waals surface area contributed by atoms with Gasteiger partial charge in [-0.3, -0.25) is 0 Å². The van der Waals surface area contributed by atoms with Crippen LogP contribution in [0.3, 0.4) is 0 Å². The van der Waals surface area contributed by atoms with Gasteiger partial charge in [-0.15, -0.1) is 0 Å². The largest absolute Gasteiger partial charge is 0.0622 e. The minimum absolute atomic E-state index is 0.446. The van der Waals surface area contributed by atoms with Crippen molar-refractivity contribution in [3.05, 3.63) is 218 Å². The van der Waals surface area contributed by atoms with Crippen molar-refractivity contribution < 1.29 is 18.2 Å². The molecule has 48 heavy (non-hydrogen) atoms. The average molecular weight is 769 g/mol. The molecule has 0 saturated heterocycles. The van der Waals surface area contributed by atoms with Crippen LogP contribution >= 0.6 is 25.4 Å². The van der Waals surface area contributed by atoms with Crippen molar-refractivity contribution in [1.29, 1.82) is 5.26 Å². The molecule has 5 heteroatoms. The predicted octanol–water partition coefficient (Wildman–Crippen LogP) is 8.94. The van der Waals surface area contributed by atoms with E-state index >= 15 is 0 Å². The zero-order valence-corrected chi connectivity index (χ0v) is 30.3. The van der Waals surface area contributed by atoms with Crippen LogP contribution in [-0.4, -0.2) is 0 Å². The van der Waals surface area contributed by atoms with Gasteiger partial charge in [0.25, 0.3) is 0 Å². The fourth-order valence-corrected chi connectivity index (χ4v) is 9.43. The van der Waals surface area contributed by atoms with Gasteiger partial charge < -0.3 is 0 Å². The van der Waals surface area contributed by atoms with Gasteiger partial charge in [-0.25, -0.2) is 0 Å². The Labute approximate surface area is 302 Å². The number of hydrogen-bond acceptors (Lipinski definition) is 1. The van der Waals surface area contributed by atoms with Gasteiger partial charge in [0.05, 0.1) is 6.07 Å². The van der Waals surface area contributed by atoms with Crippen molar-refractivity contribution >= 4 is 57.2 Å². The second-order valence-electron chi connectivity index (χ2n) is 10.1. The summed E-state index contributed by atoms with van der Waals surface area (Å²) in [5.74, 6) is 0. The Balaban J connectivity index is 0.000000170. The molecule has 0 N–H and O–H groups in total. The van der Waals surface area contributed by atoms with Gasteiger partial charge >= 0.3 is 27.7 Å². The monoisotopic (exact) mass is 767 g/mol. The third kappa shape index (κ3) is 11.5. The Bertz CT molecular complexity index is 1570. The number of nitriles is 1. The van der Waals surface area contributed by atoms with Crippen LogP contribution in [0.1, 0.15) is 5.56 Å². The molecule has 7 aromatic rings. The number of benzene rings is 7. The summed E-state index contributed by atoms with van der Waals surface area (Å²) in [5.41, 5.74) is 0.684. The molecule has 0 aromatic heterocycles. The minimum Gasteiger partial charge on any atom is -0.0622 e. The van der Waals surface area contributed by atoms with Crippen molar-refractivity contribution in [2.75, 3.05) is 0 Å². The van der Waals surface area contributed by atoms with Gasteiger partial charge in [0, 0.05) is 0 Å². The molecule has 0 fully saturated rings. The molecule has 0 spiro atoms. The molecule has 0 radical (unpaired) electrons. The van der Waals surface area contributed by atoms with Crippen molar-refractivity contribution in [3.63, 3.8) is 0 Å². The SMILES string of the molecule is N#Cc1cc[c-]cc1.[Cl][Pd+].c1ccc(P(c2ccccc2)c2ccccc2)cc1.c1ccc(P(c2ccccc2)c2ccccc2)cc1. The molecule has 0 aliphatic heterocycles. The van der Waals surface area contributed by atoms with Gasteiger partial charge in [0.2, 0.25) is 0 Å². The maximum atomic E-state index is 8.27. The van der Waals surface area contributed by atoms with E-state index in [1.54, 1.807) is 24.3 Å². The Morgan fingerprint density at radius 2 is 0.583 bits per heavy atom. The standard InChI is InChI=1S/2C18H15P.C7H4N.ClH.Pd/c2*1-4-10-16(11-5-1)19(17-12-6-2-7-13-17)18-14-8-3-9-15-18;8-6-7-4-2-1-3-5-7;;/h2*1-15H;2-5H;1H;/q;;-1;;+2/p-1. The van der Waals surface area contributed by atoms with Gasteiger partial charge in [-0.05, 0) is 47.7 Å². The van der Waals surface area contributed by atoms with Crippen LogP contribution in [0.25, 0.3) is 0 Å². The van der Waals surface area contributed by atoms with Crippen molar-refractivity contribution in [2.24, 2.45) is 0 Å². The summed E-state index contributed by atoms with van der Waals surface area (Å²) in [5, 5.41) is 16.7. The summed E-state index contributed by atoms with van der Waals surface area (Å²) in [6.07, 6.45) is 0. The van der Waals surface area contributed by atoms with E-state index in [-0.39, 0.29) is 0 Å². The molecule has 0 atom stereocenters. The molecule has 7 rings (SSSR count). The third-order valence-corrected chi connectivity index (χ3v) is 11.8. The van der Waals surface area contributed by atoms with Gasteiger partial charge in [-0.1, -0.05) is 188 Å². The van der Waals surface area contributed by atoms with Crippen LogP contribution in [0.15, 0.2) is 206 Å². The van der Waals surface area contributed by atoms with E-state index in [1.165, 1.54) is 31.8 Å². The Kier molecular flexibility index (Phi) is 16.6. The predicted molar refractivity (Wildman–Crippen MR) is 206 cm³/mol. The van der Waals surface area contributed by atoms with E-state index in [1.807, 2.05) is 6.07 Å². The number of halogens is 1. The quantitative estimate of drug-likeness (QED) is 0.0943. The fraction of sp³-hybridized carbons (Fsp3) is 0. The Morgan fingerprint density at radius 1 is 0.375 bits per heavy atom. The molecule has 0 heterocycles. The topological polar surface area (TPSA) is 23.8 Å².